The largest absolute Gasteiger partial charge is 0.506 e. The fourth-order valence-electron chi connectivity index (χ4n) is 3.75. The lowest BCUT2D eigenvalue weighted by atomic mass is 10.2. The molecule has 0 atom stereocenters. The van der Waals surface area contributed by atoms with Gasteiger partial charge in [-0.05, 0) is 36.2 Å². The quantitative estimate of drug-likeness (QED) is 0.505. The molecule has 7 nitrogen and oxygen atoms in total. The molecule has 0 bridgehead atoms. The number of anilines is 1. The number of aromatic hydroxyl groups is 1. The number of piperazine rings is 1. The standard InChI is InChI=1S/C23H28N6O/c1-24-23(28-15-13-27(14-16-28)21-9-5-6-10-22(21)30)25-12-11-19-17-26-29(18-19)20-7-3-2-4-8-20/h2-10,17-18,30H,11-16H2,1H3,(H,24,25). The number of aromatic nitrogens is 2. The highest BCUT2D eigenvalue weighted by Gasteiger charge is 2.21. The first kappa shape index (κ1) is 19.8. The van der Waals surface area contributed by atoms with Crippen molar-refractivity contribution in [1.29, 1.82) is 0 Å². The van der Waals surface area contributed by atoms with Crippen LogP contribution in [0, 0.1) is 0 Å². The van der Waals surface area contributed by atoms with Gasteiger partial charge in [0.05, 0.1) is 17.6 Å². The number of guanidine groups is 1. The average molecular weight is 405 g/mol. The van der Waals surface area contributed by atoms with Gasteiger partial charge in [-0.25, -0.2) is 4.68 Å². The Morgan fingerprint density at radius 1 is 1.03 bits per heavy atom. The van der Waals surface area contributed by atoms with E-state index in [0.717, 1.165) is 56.5 Å². The van der Waals surface area contributed by atoms with E-state index in [4.69, 9.17) is 0 Å². The Labute approximate surface area is 177 Å². The molecule has 30 heavy (non-hydrogen) atoms. The molecule has 1 aliphatic heterocycles. The number of benzene rings is 2. The molecule has 1 fully saturated rings. The van der Waals surface area contributed by atoms with Gasteiger partial charge in [-0.1, -0.05) is 30.3 Å². The van der Waals surface area contributed by atoms with E-state index in [1.165, 1.54) is 5.56 Å². The van der Waals surface area contributed by atoms with Gasteiger partial charge in [-0.3, -0.25) is 4.99 Å². The molecule has 0 spiro atoms. The highest BCUT2D eigenvalue weighted by atomic mass is 16.3. The molecule has 0 amide bonds. The zero-order chi connectivity index (χ0) is 20.8. The summed E-state index contributed by atoms with van der Waals surface area (Å²) in [6, 6.07) is 17.6. The number of phenols is 1. The topological polar surface area (TPSA) is 68.9 Å². The average Bonchev–Trinajstić information content (AvgIpc) is 3.27. The van der Waals surface area contributed by atoms with Gasteiger partial charge >= 0.3 is 0 Å². The highest BCUT2D eigenvalue weighted by Crippen LogP contribution is 2.27. The van der Waals surface area contributed by atoms with Crippen LogP contribution in [-0.2, 0) is 6.42 Å². The summed E-state index contributed by atoms with van der Waals surface area (Å²) >= 11 is 0. The van der Waals surface area contributed by atoms with Gasteiger partial charge < -0.3 is 20.2 Å². The molecule has 4 rings (SSSR count). The van der Waals surface area contributed by atoms with Crippen molar-refractivity contribution in [2.24, 2.45) is 4.99 Å². The van der Waals surface area contributed by atoms with Crippen LogP contribution in [0.2, 0.25) is 0 Å². The third kappa shape index (κ3) is 4.56. The molecule has 0 aliphatic carbocycles. The van der Waals surface area contributed by atoms with Crippen molar-refractivity contribution < 1.29 is 5.11 Å². The van der Waals surface area contributed by atoms with Crippen LogP contribution >= 0.6 is 0 Å². The Hall–Kier alpha value is -3.48. The predicted octanol–water partition coefficient (Wildman–Crippen LogP) is 2.52. The summed E-state index contributed by atoms with van der Waals surface area (Å²) in [6.07, 6.45) is 4.87. The summed E-state index contributed by atoms with van der Waals surface area (Å²) < 4.78 is 1.91. The Morgan fingerprint density at radius 3 is 2.50 bits per heavy atom. The fraction of sp³-hybridized carbons (Fsp3) is 0.304. The minimum absolute atomic E-state index is 0.338. The van der Waals surface area contributed by atoms with E-state index in [-0.39, 0.29) is 0 Å². The van der Waals surface area contributed by atoms with Crippen molar-refractivity contribution in [1.82, 2.24) is 20.0 Å². The Bertz CT molecular complexity index is 976. The number of hydrogen-bond acceptors (Lipinski definition) is 4. The Morgan fingerprint density at radius 2 is 1.77 bits per heavy atom. The first-order valence-corrected chi connectivity index (χ1v) is 10.3. The first-order chi connectivity index (χ1) is 14.7. The van der Waals surface area contributed by atoms with Gasteiger partial charge in [-0.15, -0.1) is 0 Å². The van der Waals surface area contributed by atoms with E-state index >= 15 is 0 Å². The lowest BCUT2D eigenvalue weighted by Gasteiger charge is -2.37. The maximum absolute atomic E-state index is 10.1. The molecule has 3 aromatic rings. The minimum atomic E-state index is 0.338. The summed E-state index contributed by atoms with van der Waals surface area (Å²) in [5.41, 5.74) is 3.15. The third-order valence-corrected chi connectivity index (χ3v) is 5.37. The van der Waals surface area contributed by atoms with E-state index in [1.54, 1.807) is 6.07 Å². The van der Waals surface area contributed by atoms with Gasteiger partial charge in [0.2, 0.25) is 0 Å². The number of nitrogens with zero attached hydrogens (tertiary/aromatic N) is 5. The van der Waals surface area contributed by atoms with Crippen LogP contribution in [-0.4, -0.2) is 65.5 Å². The number of nitrogens with one attached hydrogen (secondary N) is 1. The molecule has 2 heterocycles. The maximum atomic E-state index is 10.1. The van der Waals surface area contributed by atoms with Gasteiger partial charge in [0, 0.05) is 46.0 Å². The van der Waals surface area contributed by atoms with Crippen LogP contribution in [0.5, 0.6) is 5.75 Å². The van der Waals surface area contributed by atoms with Crippen LogP contribution < -0.4 is 10.2 Å². The summed E-state index contributed by atoms with van der Waals surface area (Å²) in [4.78, 5) is 8.94. The van der Waals surface area contributed by atoms with Crippen molar-refractivity contribution in [3.8, 4) is 11.4 Å². The molecule has 0 unspecified atom stereocenters. The second kappa shape index (κ2) is 9.35. The molecule has 0 radical (unpaired) electrons. The summed E-state index contributed by atoms with van der Waals surface area (Å²) in [6.45, 7) is 4.22. The van der Waals surface area contributed by atoms with E-state index in [0.29, 0.717) is 5.75 Å². The minimum Gasteiger partial charge on any atom is -0.506 e. The van der Waals surface area contributed by atoms with E-state index in [9.17, 15) is 5.11 Å². The smallest absolute Gasteiger partial charge is 0.193 e. The first-order valence-electron chi connectivity index (χ1n) is 10.3. The zero-order valence-electron chi connectivity index (χ0n) is 17.3. The van der Waals surface area contributed by atoms with Crippen molar-refractivity contribution in [2.45, 2.75) is 6.42 Å². The summed E-state index contributed by atoms with van der Waals surface area (Å²) in [5, 5.41) is 18.0. The number of phenolic OH excluding ortho intramolecular Hbond substituents is 1. The van der Waals surface area contributed by atoms with Crippen molar-refractivity contribution in [3.05, 3.63) is 72.6 Å². The van der Waals surface area contributed by atoms with Crippen LogP contribution in [0.3, 0.4) is 0 Å². The molecule has 1 aliphatic rings. The normalized spacial score (nSPS) is 14.8. The lowest BCUT2D eigenvalue weighted by molar-refractivity contribution is 0.370. The van der Waals surface area contributed by atoms with E-state index in [1.807, 2.05) is 66.5 Å². The van der Waals surface area contributed by atoms with Crippen LogP contribution in [0.1, 0.15) is 5.56 Å². The number of para-hydroxylation sites is 3. The molecular formula is C23H28N6O. The molecular weight excluding hydrogens is 376 g/mol. The van der Waals surface area contributed by atoms with Crippen molar-refractivity contribution in [2.75, 3.05) is 44.7 Å². The Kier molecular flexibility index (Phi) is 6.17. The van der Waals surface area contributed by atoms with Crippen molar-refractivity contribution in [3.63, 3.8) is 0 Å². The molecule has 2 aromatic carbocycles. The fourth-order valence-corrected chi connectivity index (χ4v) is 3.75. The molecule has 1 aromatic heterocycles. The number of rotatable bonds is 5. The second-order valence-corrected chi connectivity index (χ2v) is 7.32. The van der Waals surface area contributed by atoms with E-state index in [2.05, 4.69) is 31.4 Å². The highest BCUT2D eigenvalue weighted by molar-refractivity contribution is 5.80. The SMILES string of the molecule is CN=C(NCCc1cnn(-c2ccccc2)c1)N1CCN(c2ccccc2O)CC1. The van der Waals surface area contributed by atoms with Crippen LogP contribution in [0.4, 0.5) is 5.69 Å². The molecule has 0 saturated carbocycles. The molecule has 156 valence electrons. The lowest BCUT2D eigenvalue weighted by Crippen LogP contribution is -2.52. The second-order valence-electron chi connectivity index (χ2n) is 7.32. The van der Waals surface area contributed by atoms with Gasteiger partial charge in [0.25, 0.3) is 0 Å². The van der Waals surface area contributed by atoms with Gasteiger partial charge in [0.15, 0.2) is 5.96 Å². The van der Waals surface area contributed by atoms with Gasteiger partial charge in [0.1, 0.15) is 5.75 Å². The van der Waals surface area contributed by atoms with Crippen molar-refractivity contribution >= 4 is 11.6 Å². The number of aliphatic imine (C=N–C) groups is 1. The molecule has 7 heteroatoms. The molecule has 1 saturated heterocycles. The number of hydrogen-bond donors (Lipinski definition) is 2. The van der Waals surface area contributed by atoms with Crippen LogP contribution in [0.15, 0.2) is 72.0 Å². The molecule has 2 N–H and O–H groups in total. The maximum Gasteiger partial charge on any atom is 0.193 e. The summed E-state index contributed by atoms with van der Waals surface area (Å²) in [7, 11) is 1.82. The Balaban J connectivity index is 1.27. The van der Waals surface area contributed by atoms with Crippen LogP contribution in [0.25, 0.3) is 5.69 Å². The third-order valence-electron chi connectivity index (χ3n) is 5.37. The zero-order valence-corrected chi connectivity index (χ0v) is 17.3. The van der Waals surface area contributed by atoms with E-state index < -0.39 is 0 Å². The predicted molar refractivity (Wildman–Crippen MR) is 121 cm³/mol. The van der Waals surface area contributed by atoms with Gasteiger partial charge in [-0.2, -0.15) is 5.10 Å². The summed E-state index contributed by atoms with van der Waals surface area (Å²) in [5.74, 6) is 1.26. The monoisotopic (exact) mass is 404 g/mol.